The summed E-state index contributed by atoms with van der Waals surface area (Å²) in [6, 6.07) is 7.45. The van der Waals surface area contributed by atoms with Gasteiger partial charge in [-0.05, 0) is 25.2 Å². The Morgan fingerprint density at radius 2 is 2.00 bits per heavy atom. The fourth-order valence-corrected chi connectivity index (χ4v) is 2.55. The van der Waals surface area contributed by atoms with Crippen LogP contribution in [-0.4, -0.2) is 23.0 Å². The summed E-state index contributed by atoms with van der Waals surface area (Å²) < 4.78 is 0. The van der Waals surface area contributed by atoms with Crippen LogP contribution in [0, 0.1) is 10.1 Å². The molecular weight excluding hydrogens is 248 g/mol. The lowest BCUT2D eigenvalue weighted by molar-refractivity contribution is -0.384. The molecule has 5 heteroatoms. The molecule has 0 aliphatic carbocycles. The van der Waals surface area contributed by atoms with E-state index in [9.17, 15) is 10.1 Å². The van der Waals surface area contributed by atoms with Gasteiger partial charge in [-0.1, -0.05) is 19.1 Å². The summed E-state index contributed by atoms with van der Waals surface area (Å²) in [5.41, 5.74) is 1.22. The second kappa shape index (κ2) is 7.38. The zero-order valence-electron chi connectivity index (χ0n) is 11.1. The highest BCUT2D eigenvalue weighted by Crippen LogP contribution is 2.18. The molecule has 0 saturated carbocycles. The minimum absolute atomic E-state index is 0.141. The number of thioether (sulfide) groups is 1. The van der Waals surface area contributed by atoms with Crippen LogP contribution >= 0.6 is 11.8 Å². The summed E-state index contributed by atoms with van der Waals surface area (Å²) in [4.78, 5) is 10.2. The molecule has 0 bridgehead atoms. The molecule has 0 amide bonds. The molecule has 0 heterocycles. The Balaban J connectivity index is 2.65. The monoisotopic (exact) mass is 268 g/mol. The molecule has 0 spiro atoms. The van der Waals surface area contributed by atoms with Crippen molar-refractivity contribution in [3.63, 3.8) is 0 Å². The van der Waals surface area contributed by atoms with Gasteiger partial charge < -0.3 is 5.32 Å². The third-order valence-electron chi connectivity index (χ3n) is 2.95. The highest BCUT2D eigenvalue weighted by molar-refractivity contribution is 7.98. The van der Waals surface area contributed by atoms with E-state index in [-0.39, 0.29) is 16.7 Å². The number of nitro groups is 1. The van der Waals surface area contributed by atoms with Crippen LogP contribution in [0.4, 0.5) is 5.69 Å². The van der Waals surface area contributed by atoms with Gasteiger partial charge in [-0.15, -0.1) is 0 Å². The lowest BCUT2D eigenvalue weighted by Crippen LogP contribution is -2.32. The Morgan fingerprint density at radius 3 is 2.44 bits per heavy atom. The third kappa shape index (κ3) is 4.31. The Kier molecular flexibility index (Phi) is 6.15. The van der Waals surface area contributed by atoms with Crippen LogP contribution in [0.5, 0.6) is 0 Å². The van der Waals surface area contributed by atoms with Crippen LogP contribution < -0.4 is 5.32 Å². The van der Waals surface area contributed by atoms with Crippen LogP contribution in [0.15, 0.2) is 24.3 Å². The van der Waals surface area contributed by atoms with Crippen molar-refractivity contribution in [2.45, 2.75) is 32.4 Å². The topological polar surface area (TPSA) is 55.2 Å². The van der Waals surface area contributed by atoms with Gasteiger partial charge in [0.2, 0.25) is 0 Å². The van der Waals surface area contributed by atoms with Crippen molar-refractivity contribution in [2.24, 2.45) is 0 Å². The molecule has 4 nitrogen and oxygen atoms in total. The first kappa shape index (κ1) is 15.0. The highest BCUT2D eigenvalue weighted by Gasteiger charge is 2.12. The van der Waals surface area contributed by atoms with Crippen LogP contribution in [0.25, 0.3) is 0 Å². The molecule has 0 fully saturated rings. The summed E-state index contributed by atoms with van der Waals surface area (Å²) in [6.07, 6.45) is 3.18. The van der Waals surface area contributed by atoms with Gasteiger partial charge in [-0.2, -0.15) is 11.8 Å². The predicted octanol–water partition coefficient (Wildman–Crippen LogP) is 3.39. The Morgan fingerprint density at radius 1 is 1.39 bits per heavy atom. The molecule has 18 heavy (non-hydrogen) atoms. The maximum Gasteiger partial charge on any atom is 0.269 e. The fraction of sp³-hybridized carbons (Fsp3) is 0.538. The van der Waals surface area contributed by atoms with Crippen molar-refractivity contribution in [3.8, 4) is 0 Å². The number of nitrogens with one attached hydrogen (secondary N) is 1. The average molecular weight is 268 g/mol. The molecule has 0 aliphatic heterocycles. The smallest absolute Gasteiger partial charge is 0.269 e. The second-order valence-corrected chi connectivity index (χ2v) is 5.21. The summed E-state index contributed by atoms with van der Waals surface area (Å²) in [5.74, 6) is 1.08. The van der Waals surface area contributed by atoms with Crippen LogP contribution in [-0.2, 0) is 0 Å². The lowest BCUT2D eigenvalue weighted by Gasteiger charge is -2.21. The number of nitrogens with zero attached hydrogens (tertiary/aromatic N) is 1. The fourth-order valence-electron chi connectivity index (χ4n) is 1.82. The molecule has 1 N–H and O–H groups in total. The summed E-state index contributed by atoms with van der Waals surface area (Å²) in [5, 5.41) is 14.1. The normalized spacial score (nSPS) is 14.2. The van der Waals surface area contributed by atoms with Gasteiger partial charge in [0.15, 0.2) is 0 Å². The largest absolute Gasteiger partial charge is 0.307 e. The van der Waals surface area contributed by atoms with E-state index in [1.54, 1.807) is 12.1 Å². The van der Waals surface area contributed by atoms with E-state index in [4.69, 9.17) is 0 Å². The second-order valence-electron chi connectivity index (χ2n) is 4.30. The van der Waals surface area contributed by atoms with Crippen molar-refractivity contribution in [1.29, 1.82) is 0 Å². The molecule has 2 atom stereocenters. The molecule has 2 unspecified atom stereocenters. The molecule has 1 aromatic carbocycles. The van der Waals surface area contributed by atoms with Crippen molar-refractivity contribution < 1.29 is 4.92 Å². The van der Waals surface area contributed by atoms with E-state index in [0.29, 0.717) is 6.04 Å². The van der Waals surface area contributed by atoms with E-state index in [1.807, 2.05) is 23.9 Å². The number of hydrogen-bond acceptors (Lipinski definition) is 4. The average Bonchev–Trinajstić information content (AvgIpc) is 2.38. The van der Waals surface area contributed by atoms with Crippen LogP contribution in [0.1, 0.15) is 31.9 Å². The minimum atomic E-state index is -0.371. The Labute approximate surface area is 112 Å². The first-order valence-corrected chi connectivity index (χ1v) is 7.47. The Bertz CT molecular complexity index is 381. The van der Waals surface area contributed by atoms with Crippen molar-refractivity contribution in [2.75, 3.05) is 12.0 Å². The van der Waals surface area contributed by atoms with Gasteiger partial charge in [-0.25, -0.2) is 0 Å². The van der Waals surface area contributed by atoms with E-state index < -0.39 is 0 Å². The molecule has 100 valence electrons. The van der Waals surface area contributed by atoms with Crippen molar-refractivity contribution in [3.05, 3.63) is 39.9 Å². The number of non-ortho nitro benzene ring substituents is 1. The number of benzene rings is 1. The SMILES string of the molecule is CCC(CSC)NC(C)c1ccc([N+](=O)[O-])cc1. The van der Waals surface area contributed by atoms with Gasteiger partial charge >= 0.3 is 0 Å². The third-order valence-corrected chi connectivity index (χ3v) is 3.69. The van der Waals surface area contributed by atoms with E-state index in [1.165, 1.54) is 0 Å². The van der Waals surface area contributed by atoms with Gasteiger partial charge in [0.05, 0.1) is 4.92 Å². The Hall–Kier alpha value is -1.07. The number of nitro benzene ring substituents is 1. The van der Waals surface area contributed by atoms with Crippen LogP contribution in [0.3, 0.4) is 0 Å². The van der Waals surface area contributed by atoms with Gasteiger partial charge in [-0.3, -0.25) is 10.1 Å². The van der Waals surface area contributed by atoms with Crippen molar-refractivity contribution in [1.82, 2.24) is 5.32 Å². The summed E-state index contributed by atoms with van der Waals surface area (Å²) in [6.45, 7) is 4.25. The summed E-state index contributed by atoms with van der Waals surface area (Å²) >= 11 is 1.83. The quantitative estimate of drug-likeness (QED) is 0.608. The molecular formula is C13H20N2O2S. The highest BCUT2D eigenvalue weighted by atomic mass is 32.2. The lowest BCUT2D eigenvalue weighted by atomic mass is 10.1. The van der Waals surface area contributed by atoms with Gasteiger partial charge in [0, 0.05) is 30.0 Å². The van der Waals surface area contributed by atoms with Gasteiger partial charge in [0.1, 0.15) is 0 Å². The van der Waals surface area contributed by atoms with E-state index in [0.717, 1.165) is 17.7 Å². The molecule has 1 rings (SSSR count). The zero-order chi connectivity index (χ0) is 13.5. The molecule has 0 radical (unpaired) electrons. The number of rotatable bonds is 7. The summed E-state index contributed by atoms with van der Waals surface area (Å²) in [7, 11) is 0. The maximum absolute atomic E-state index is 10.6. The standard InChI is InChI=1S/C13H20N2O2S/c1-4-12(9-18-3)14-10(2)11-5-7-13(8-6-11)15(16)17/h5-8,10,12,14H,4,9H2,1-3H3. The zero-order valence-corrected chi connectivity index (χ0v) is 11.9. The van der Waals surface area contributed by atoms with Gasteiger partial charge in [0.25, 0.3) is 5.69 Å². The van der Waals surface area contributed by atoms with Crippen molar-refractivity contribution >= 4 is 17.4 Å². The predicted molar refractivity (Wildman–Crippen MR) is 77.1 cm³/mol. The molecule has 1 aromatic rings. The molecule has 0 aliphatic rings. The number of hydrogen-bond donors (Lipinski definition) is 1. The van der Waals surface area contributed by atoms with Crippen LogP contribution in [0.2, 0.25) is 0 Å². The first-order chi connectivity index (χ1) is 8.58. The maximum atomic E-state index is 10.6. The molecule has 0 aromatic heterocycles. The van der Waals surface area contributed by atoms with E-state index in [2.05, 4.69) is 25.4 Å². The minimum Gasteiger partial charge on any atom is -0.307 e. The molecule has 0 saturated heterocycles. The first-order valence-electron chi connectivity index (χ1n) is 6.07. The van der Waals surface area contributed by atoms with E-state index >= 15 is 0 Å².